The molecule has 1 N–H and O–H groups in total. The second-order valence-electron chi connectivity index (χ2n) is 3.51. The van der Waals surface area contributed by atoms with Crippen molar-refractivity contribution < 1.29 is 17.9 Å². The minimum atomic E-state index is -4.20. The zero-order chi connectivity index (χ0) is 12.9. The third kappa shape index (κ3) is 6.48. The van der Waals surface area contributed by atoms with Crippen LogP contribution in [-0.2, 0) is 0 Å². The molecular weight excluding hydrogens is 301 g/mol. The molecule has 1 rings (SSSR count). The summed E-state index contributed by atoms with van der Waals surface area (Å²) in [7, 11) is 0. The number of hydrogen-bond acceptors (Lipinski definition) is 3. The first-order valence-corrected chi connectivity index (χ1v) is 5.71. The van der Waals surface area contributed by atoms with Gasteiger partial charge in [0.1, 0.15) is 11.9 Å². The Balaban J connectivity index is 2.32. The Morgan fingerprint density at radius 3 is 2.76 bits per heavy atom. The largest absolute Gasteiger partial charge is 0.488 e. The number of pyridine rings is 1. The highest BCUT2D eigenvalue weighted by Gasteiger charge is 2.26. The molecule has 1 aromatic heterocycles. The Bertz CT molecular complexity index is 360. The van der Waals surface area contributed by atoms with E-state index in [0.29, 0.717) is 5.75 Å². The van der Waals surface area contributed by atoms with Gasteiger partial charge in [0.2, 0.25) is 0 Å². The standard InChI is InChI=1S/C10H12BrF3N2O/c1-7(3-16-6-10(12,13)14)17-9-2-8(11)4-15-5-9/h2,4-5,7,16H,3,6H2,1H3. The number of alkyl halides is 3. The zero-order valence-electron chi connectivity index (χ0n) is 9.09. The van der Waals surface area contributed by atoms with Crippen LogP contribution in [0.4, 0.5) is 13.2 Å². The number of halogens is 4. The summed E-state index contributed by atoms with van der Waals surface area (Å²) in [5.41, 5.74) is 0. The molecule has 0 fully saturated rings. The summed E-state index contributed by atoms with van der Waals surface area (Å²) in [6.07, 6.45) is -1.46. The molecule has 1 atom stereocenters. The second kappa shape index (κ2) is 6.20. The molecule has 3 nitrogen and oxygen atoms in total. The molecule has 0 saturated heterocycles. The van der Waals surface area contributed by atoms with Crippen LogP contribution in [0, 0.1) is 0 Å². The summed E-state index contributed by atoms with van der Waals surface area (Å²) in [5, 5.41) is 2.28. The van der Waals surface area contributed by atoms with Gasteiger partial charge < -0.3 is 10.1 Å². The van der Waals surface area contributed by atoms with Gasteiger partial charge in [-0.15, -0.1) is 0 Å². The second-order valence-corrected chi connectivity index (χ2v) is 4.43. The molecule has 7 heteroatoms. The first-order chi connectivity index (χ1) is 7.87. The molecule has 1 heterocycles. The van der Waals surface area contributed by atoms with Crippen LogP contribution >= 0.6 is 15.9 Å². The van der Waals surface area contributed by atoms with Gasteiger partial charge in [-0.3, -0.25) is 4.98 Å². The van der Waals surface area contributed by atoms with E-state index in [0.717, 1.165) is 4.47 Å². The van der Waals surface area contributed by atoms with Crippen LogP contribution in [0.5, 0.6) is 5.75 Å². The third-order valence-electron chi connectivity index (χ3n) is 1.77. The number of ether oxygens (including phenoxy) is 1. The van der Waals surface area contributed by atoms with Crippen molar-refractivity contribution >= 4 is 15.9 Å². The topological polar surface area (TPSA) is 34.1 Å². The van der Waals surface area contributed by atoms with E-state index in [2.05, 4.69) is 26.2 Å². The summed E-state index contributed by atoms with van der Waals surface area (Å²) in [6.45, 7) is 0.785. The lowest BCUT2D eigenvalue weighted by atomic mass is 10.4. The Labute approximate surface area is 106 Å². The predicted octanol–water partition coefficient (Wildman–Crippen LogP) is 2.76. The molecule has 96 valence electrons. The number of nitrogens with zero attached hydrogens (tertiary/aromatic N) is 1. The van der Waals surface area contributed by atoms with Crippen LogP contribution in [0.3, 0.4) is 0 Å². The number of aromatic nitrogens is 1. The fourth-order valence-corrected chi connectivity index (χ4v) is 1.49. The van der Waals surface area contributed by atoms with Gasteiger partial charge in [-0.2, -0.15) is 13.2 Å². The smallest absolute Gasteiger partial charge is 0.401 e. The minimum Gasteiger partial charge on any atom is -0.488 e. The van der Waals surface area contributed by atoms with Crippen molar-refractivity contribution in [3.63, 3.8) is 0 Å². The highest BCUT2D eigenvalue weighted by atomic mass is 79.9. The Hall–Kier alpha value is -0.820. The van der Waals surface area contributed by atoms with Crippen molar-refractivity contribution in [3.05, 3.63) is 22.9 Å². The van der Waals surface area contributed by atoms with E-state index in [4.69, 9.17) is 4.74 Å². The fourth-order valence-electron chi connectivity index (χ4n) is 1.15. The summed E-state index contributed by atoms with van der Waals surface area (Å²) in [4.78, 5) is 3.88. The molecule has 0 aromatic carbocycles. The van der Waals surface area contributed by atoms with E-state index in [1.165, 1.54) is 6.20 Å². The Morgan fingerprint density at radius 2 is 2.18 bits per heavy atom. The van der Waals surface area contributed by atoms with Gasteiger partial charge in [0.05, 0.1) is 12.7 Å². The summed E-state index contributed by atoms with van der Waals surface area (Å²) < 4.78 is 41.7. The van der Waals surface area contributed by atoms with E-state index >= 15 is 0 Å². The molecule has 0 bridgehead atoms. The lowest BCUT2D eigenvalue weighted by Crippen LogP contribution is -2.35. The first-order valence-electron chi connectivity index (χ1n) is 4.91. The van der Waals surface area contributed by atoms with Gasteiger partial charge in [0.25, 0.3) is 0 Å². The van der Waals surface area contributed by atoms with E-state index in [-0.39, 0.29) is 12.6 Å². The SMILES string of the molecule is CC(CNCC(F)(F)F)Oc1cncc(Br)c1. The van der Waals surface area contributed by atoms with Crippen LogP contribution in [-0.4, -0.2) is 30.4 Å². The van der Waals surface area contributed by atoms with Crippen molar-refractivity contribution in [1.29, 1.82) is 0 Å². The van der Waals surface area contributed by atoms with Crippen LogP contribution < -0.4 is 10.1 Å². The molecule has 0 aliphatic heterocycles. The van der Waals surface area contributed by atoms with Crippen LogP contribution in [0.15, 0.2) is 22.9 Å². The molecule has 1 unspecified atom stereocenters. The lowest BCUT2D eigenvalue weighted by molar-refractivity contribution is -0.125. The van der Waals surface area contributed by atoms with Crippen LogP contribution in [0.1, 0.15) is 6.92 Å². The van der Waals surface area contributed by atoms with Crippen molar-refractivity contribution in [2.45, 2.75) is 19.2 Å². The maximum atomic E-state index is 11.9. The van der Waals surface area contributed by atoms with E-state index in [9.17, 15) is 13.2 Å². The average molecular weight is 313 g/mol. The summed E-state index contributed by atoms with van der Waals surface area (Å²) in [6, 6.07) is 1.70. The molecule has 1 aromatic rings. The van der Waals surface area contributed by atoms with Crippen molar-refractivity contribution in [3.8, 4) is 5.75 Å². The Morgan fingerprint density at radius 1 is 1.47 bits per heavy atom. The van der Waals surface area contributed by atoms with Crippen molar-refractivity contribution in [2.75, 3.05) is 13.1 Å². The van der Waals surface area contributed by atoms with Crippen LogP contribution in [0.25, 0.3) is 0 Å². The molecular formula is C10H12BrF3N2O. The highest BCUT2D eigenvalue weighted by molar-refractivity contribution is 9.10. The van der Waals surface area contributed by atoms with E-state index < -0.39 is 12.7 Å². The molecule has 0 amide bonds. The van der Waals surface area contributed by atoms with Gasteiger partial charge in [-0.05, 0) is 28.9 Å². The lowest BCUT2D eigenvalue weighted by Gasteiger charge is -2.16. The third-order valence-corrected chi connectivity index (χ3v) is 2.21. The average Bonchev–Trinajstić information content (AvgIpc) is 2.15. The van der Waals surface area contributed by atoms with Gasteiger partial charge in [0, 0.05) is 17.2 Å². The zero-order valence-corrected chi connectivity index (χ0v) is 10.7. The summed E-state index contributed by atoms with van der Waals surface area (Å²) >= 11 is 3.22. The summed E-state index contributed by atoms with van der Waals surface area (Å²) in [5.74, 6) is 0.515. The molecule has 17 heavy (non-hydrogen) atoms. The Kier molecular flexibility index (Phi) is 5.20. The quantitative estimate of drug-likeness (QED) is 0.908. The monoisotopic (exact) mass is 312 g/mol. The molecule has 0 aliphatic rings. The van der Waals surface area contributed by atoms with Gasteiger partial charge in [0.15, 0.2) is 0 Å². The van der Waals surface area contributed by atoms with Crippen LogP contribution in [0.2, 0.25) is 0 Å². The van der Waals surface area contributed by atoms with E-state index in [1.807, 2.05) is 0 Å². The van der Waals surface area contributed by atoms with E-state index in [1.54, 1.807) is 19.2 Å². The highest BCUT2D eigenvalue weighted by Crippen LogP contribution is 2.17. The molecule has 0 spiro atoms. The molecule has 0 saturated carbocycles. The number of hydrogen-bond donors (Lipinski definition) is 1. The fraction of sp³-hybridized carbons (Fsp3) is 0.500. The number of rotatable bonds is 5. The maximum absolute atomic E-state index is 11.9. The van der Waals surface area contributed by atoms with Gasteiger partial charge >= 0.3 is 6.18 Å². The van der Waals surface area contributed by atoms with Crippen molar-refractivity contribution in [2.24, 2.45) is 0 Å². The first kappa shape index (κ1) is 14.2. The van der Waals surface area contributed by atoms with Gasteiger partial charge in [-0.25, -0.2) is 0 Å². The normalized spacial score (nSPS) is 13.5. The molecule has 0 radical (unpaired) electrons. The number of nitrogens with one attached hydrogen (secondary N) is 1. The predicted molar refractivity (Wildman–Crippen MR) is 61.0 cm³/mol. The van der Waals surface area contributed by atoms with Crippen molar-refractivity contribution in [1.82, 2.24) is 10.3 Å². The molecule has 0 aliphatic carbocycles. The van der Waals surface area contributed by atoms with Gasteiger partial charge in [-0.1, -0.05) is 0 Å². The minimum absolute atomic E-state index is 0.117. The maximum Gasteiger partial charge on any atom is 0.401 e.